The van der Waals surface area contributed by atoms with Gasteiger partial charge in [0.25, 0.3) is 0 Å². The van der Waals surface area contributed by atoms with Crippen LogP contribution in [-0.2, 0) is 4.79 Å². The number of nitrogens with two attached hydrogens (primary N) is 1. The number of rotatable bonds is 4. The molecule has 1 amide bonds. The minimum Gasteiger partial charge on any atom is -0.382 e. The predicted molar refractivity (Wildman–Crippen MR) is 124 cm³/mol. The van der Waals surface area contributed by atoms with Gasteiger partial charge in [-0.1, -0.05) is 0 Å². The average molecular weight is 452 g/mol. The number of nitrogens with one attached hydrogen (secondary N) is 1. The summed E-state index contributed by atoms with van der Waals surface area (Å²) in [6.45, 7) is 7.90. The molecule has 0 aromatic carbocycles. The number of carbonyl (C=O) groups excluding carboxylic acids is 1. The van der Waals surface area contributed by atoms with Crippen LogP contribution in [-0.4, -0.2) is 65.2 Å². The van der Waals surface area contributed by atoms with Gasteiger partial charge in [0.15, 0.2) is 11.5 Å². The maximum absolute atomic E-state index is 14.4. The molecule has 0 saturated carbocycles. The number of fused-ring (bicyclic) bond motifs is 2. The van der Waals surface area contributed by atoms with Gasteiger partial charge in [0.2, 0.25) is 11.9 Å². The van der Waals surface area contributed by atoms with Gasteiger partial charge < -0.3 is 20.5 Å². The van der Waals surface area contributed by atoms with Crippen LogP contribution in [0.5, 0.6) is 0 Å². The lowest BCUT2D eigenvalue weighted by atomic mass is 10.2. The summed E-state index contributed by atoms with van der Waals surface area (Å²) >= 11 is 0. The van der Waals surface area contributed by atoms with E-state index in [2.05, 4.69) is 38.8 Å². The lowest BCUT2D eigenvalue weighted by Gasteiger charge is -2.15. The zero-order valence-corrected chi connectivity index (χ0v) is 18.9. The zero-order valence-electron chi connectivity index (χ0n) is 18.9. The van der Waals surface area contributed by atoms with Gasteiger partial charge in [0.05, 0.1) is 18.3 Å². The molecule has 1 aliphatic rings. The van der Waals surface area contributed by atoms with Gasteiger partial charge in [-0.3, -0.25) is 4.79 Å². The summed E-state index contributed by atoms with van der Waals surface area (Å²) in [5.74, 6) is 1.20. The average Bonchev–Trinajstić information content (AvgIpc) is 3.42. The highest BCUT2D eigenvalue weighted by molar-refractivity contribution is 5.88. The van der Waals surface area contributed by atoms with Gasteiger partial charge in [-0.25, -0.2) is 18.9 Å². The summed E-state index contributed by atoms with van der Waals surface area (Å²) < 4.78 is 18.1. The summed E-state index contributed by atoms with van der Waals surface area (Å²) in [5.41, 5.74) is 10.1. The van der Waals surface area contributed by atoms with E-state index in [4.69, 9.17) is 10.7 Å². The zero-order chi connectivity index (χ0) is 23.4. The first-order valence-corrected chi connectivity index (χ1v) is 10.9. The highest BCUT2D eigenvalue weighted by atomic mass is 19.1. The van der Waals surface area contributed by atoms with Crippen molar-refractivity contribution in [3.8, 4) is 11.3 Å². The van der Waals surface area contributed by atoms with Crippen LogP contribution < -0.4 is 11.1 Å². The minimum atomic E-state index is -1.21. The van der Waals surface area contributed by atoms with E-state index < -0.39 is 12.2 Å². The van der Waals surface area contributed by atoms with Gasteiger partial charge in [-0.2, -0.15) is 4.98 Å². The number of carbonyl (C=O) groups is 1. The number of halogens is 1. The van der Waals surface area contributed by atoms with Crippen molar-refractivity contribution in [1.82, 2.24) is 34.0 Å². The third kappa shape index (κ3) is 3.53. The molecular formula is C22H26FN9O. The van der Waals surface area contributed by atoms with Crippen LogP contribution in [0.15, 0.2) is 24.4 Å². The van der Waals surface area contributed by atoms with Gasteiger partial charge in [0, 0.05) is 31.3 Å². The maximum atomic E-state index is 14.4. The number of amides is 1. The molecule has 5 heterocycles. The largest absolute Gasteiger partial charge is 0.382 e. The van der Waals surface area contributed by atoms with Crippen molar-refractivity contribution in [1.29, 1.82) is 0 Å². The maximum Gasteiger partial charge on any atom is 0.243 e. The smallest absolute Gasteiger partial charge is 0.243 e. The molecule has 2 atom stereocenters. The molecule has 172 valence electrons. The van der Waals surface area contributed by atoms with Crippen LogP contribution in [0.1, 0.15) is 32.6 Å². The number of hydrogen-bond acceptors (Lipinski definition) is 7. The van der Waals surface area contributed by atoms with E-state index in [1.165, 1.54) is 11.8 Å². The topological polar surface area (TPSA) is 119 Å². The number of aryl methyl sites for hydroxylation is 1. The Hall–Kier alpha value is -3.76. The first-order chi connectivity index (χ1) is 15.7. The predicted octanol–water partition coefficient (Wildman–Crippen LogP) is 2.59. The number of anilines is 2. The molecule has 5 rings (SSSR count). The van der Waals surface area contributed by atoms with Crippen molar-refractivity contribution in [3.63, 3.8) is 0 Å². The number of likely N-dealkylation sites (tertiary alicyclic amines) is 1. The molecule has 1 fully saturated rings. The molecule has 0 spiro atoms. The Balaban J connectivity index is 1.50. The Kier molecular flexibility index (Phi) is 4.91. The van der Waals surface area contributed by atoms with Crippen molar-refractivity contribution < 1.29 is 9.18 Å². The van der Waals surface area contributed by atoms with Crippen LogP contribution in [0.25, 0.3) is 27.9 Å². The van der Waals surface area contributed by atoms with E-state index in [-0.39, 0.29) is 36.8 Å². The molecule has 0 bridgehead atoms. The summed E-state index contributed by atoms with van der Waals surface area (Å²) in [4.78, 5) is 26.8. The summed E-state index contributed by atoms with van der Waals surface area (Å²) in [6.07, 6.45) is 0.564. The first kappa shape index (κ1) is 21.1. The highest BCUT2D eigenvalue weighted by Crippen LogP contribution is 2.30. The van der Waals surface area contributed by atoms with Crippen molar-refractivity contribution in [3.05, 3.63) is 30.2 Å². The van der Waals surface area contributed by atoms with E-state index in [0.29, 0.717) is 5.52 Å². The Morgan fingerprint density at radius 3 is 2.70 bits per heavy atom. The van der Waals surface area contributed by atoms with Crippen molar-refractivity contribution in [2.24, 2.45) is 0 Å². The third-order valence-electron chi connectivity index (χ3n) is 6.05. The third-order valence-corrected chi connectivity index (χ3v) is 6.05. The normalized spacial score (nSPS) is 18.7. The van der Waals surface area contributed by atoms with Crippen LogP contribution >= 0.6 is 0 Å². The quantitative estimate of drug-likeness (QED) is 0.489. The summed E-state index contributed by atoms with van der Waals surface area (Å²) in [7, 11) is 0. The van der Waals surface area contributed by atoms with Crippen LogP contribution in [0.4, 0.5) is 16.2 Å². The first-order valence-electron chi connectivity index (χ1n) is 10.9. The molecule has 0 unspecified atom stereocenters. The molecule has 10 nitrogen and oxygen atoms in total. The second kappa shape index (κ2) is 7.68. The molecule has 1 aliphatic heterocycles. The number of imidazole rings is 1. The van der Waals surface area contributed by atoms with Gasteiger partial charge in [0.1, 0.15) is 23.0 Å². The number of aromatic nitrogens is 6. The molecule has 4 aromatic heterocycles. The molecule has 33 heavy (non-hydrogen) atoms. The Morgan fingerprint density at radius 1 is 1.21 bits per heavy atom. The van der Waals surface area contributed by atoms with Crippen molar-refractivity contribution >= 4 is 34.4 Å². The standard InChI is InChI=1S/C22H26FN9O/c1-11(2)32-12(3)25-17-6-5-16(26-21(17)32)14-7-8-31-19(14)20(24)28-22(29-31)27-18-10-30(13(4)33)9-15(18)23/h5-8,11,15,18H,9-10H2,1-4H3,(H3,24,27,28,29)/t15-,18+/m0/s1. The molecule has 0 aliphatic carbocycles. The molecule has 3 N–H and O–H groups in total. The number of pyridine rings is 1. The van der Waals surface area contributed by atoms with Gasteiger partial charge in [-0.05, 0) is 39.0 Å². The fraction of sp³-hybridized carbons (Fsp3) is 0.409. The van der Waals surface area contributed by atoms with Gasteiger partial charge in [-0.15, -0.1) is 5.10 Å². The number of nitrogen functional groups attached to an aromatic ring is 1. The molecular weight excluding hydrogens is 425 g/mol. The molecule has 4 aromatic rings. The van der Waals surface area contributed by atoms with Crippen LogP contribution in [0.3, 0.4) is 0 Å². The van der Waals surface area contributed by atoms with Crippen molar-refractivity contribution in [2.45, 2.75) is 46.0 Å². The highest BCUT2D eigenvalue weighted by Gasteiger charge is 2.34. The van der Waals surface area contributed by atoms with Crippen molar-refractivity contribution in [2.75, 3.05) is 24.1 Å². The van der Waals surface area contributed by atoms with E-state index in [1.807, 2.05) is 25.1 Å². The second-order valence-corrected chi connectivity index (χ2v) is 8.70. The molecule has 0 radical (unpaired) electrons. The second-order valence-electron chi connectivity index (χ2n) is 8.70. The van der Waals surface area contributed by atoms with Crippen LogP contribution in [0, 0.1) is 6.92 Å². The minimum absolute atomic E-state index is 0.0545. The van der Waals surface area contributed by atoms with E-state index in [0.717, 1.165) is 28.2 Å². The Morgan fingerprint density at radius 2 is 2.00 bits per heavy atom. The van der Waals surface area contributed by atoms with E-state index in [9.17, 15) is 9.18 Å². The number of hydrogen-bond donors (Lipinski definition) is 2. The Bertz CT molecular complexity index is 1380. The molecule has 11 heteroatoms. The fourth-order valence-electron chi connectivity index (χ4n) is 4.50. The molecule has 1 saturated heterocycles. The van der Waals surface area contributed by atoms with Crippen LogP contribution in [0.2, 0.25) is 0 Å². The summed E-state index contributed by atoms with van der Waals surface area (Å²) in [6, 6.07) is 5.36. The lowest BCUT2D eigenvalue weighted by molar-refractivity contribution is -0.128. The fourth-order valence-corrected chi connectivity index (χ4v) is 4.50. The number of alkyl halides is 1. The Labute approximate surface area is 189 Å². The SMILES string of the molecule is CC(=O)N1C[C@H](F)[C@H](Nc2nc(N)c3c(-c4ccc5nc(C)n(C(C)C)c5n4)ccn3n2)C1. The summed E-state index contributed by atoms with van der Waals surface area (Å²) in [5, 5.41) is 7.45. The van der Waals surface area contributed by atoms with Gasteiger partial charge >= 0.3 is 0 Å². The van der Waals surface area contributed by atoms with E-state index in [1.54, 1.807) is 10.7 Å². The number of nitrogens with zero attached hydrogens (tertiary/aromatic N) is 7. The van der Waals surface area contributed by atoms with E-state index >= 15 is 0 Å². The monoisotopic (exact) mass is 451 g/mol. The lowest BCUT2D eigenvalue weighted by Crippen LogP contribution is -2.32.